The Labute approximate surface area is 336 Å². The largest absolute Gasteiger partial charge is 0.756 e. The number of hydrogen-bond acceptors (Lipinski definition) is 9. The fraction of sp³-hybridized carbons (Fsp3) is 0.841. The molecule has 0 aromatic rings. The van der Waals surface area contributed by atoms with E-state index in [1.165, 1.54) is 96.3 Å². The van der Waals surface area contributed by atoms with E-state index in [4.69, 9.17) is 23.3 Å². The minimum Gasteiger partial charge on any atom is -0.756 e. The van der Waals surface area contributed by atoms with Crippen molar-refractivity contribution in [2.24, 2.45) is 0 Å². The first kappa shape index (κ1) is 51.7. The van der Waals surface area contributed by atoms with Crippen LogP contribution in [0.1, 0.15) is 162 Å². The Hall–Kier alpha value is -1.36. The molecule has 1 aliphatic rings. The number of carbonyl (C=O) groups is 1. The summed E-state index contributed by atoms with van der Waals surface area (Å²) < 4.78 is 40.1. The van der Waals surface area contributed by atoms with E-state index < -0.39 is 26.0 Å². The SMILES string of the molecule is CCCCC/C=C/CC1OC1/C=C\C(O)C/C=C/CCCC(=O)OC(COCCCCCCCCCCCCCCCC)COP(=O)([O-])OCC[N+](C)(C)C. The standard InChI is InChI=1S/C44H82NO9P/c1-6-8-10-12-14-15-16-17-18-19-20-21-25-29-36-50-38-41(39-52-55(48,49)51-37-35-45(3,4)5)53-44(47)32-28-24-23-26-30-40(46)33-34-43-42(54-43)31-27-22-13-11-9-7-2/h22-23,26-27,33-34,40-43,46H,6-21,24-25,28-32,35-39H2,1-5H3/b26-23+,27-22+,34-33-. The predicted octanol–water partition coefficient (Wildman–Crippen LogP) is 9.93. The van der Waals surface area contributed by atoms with Gasteiger partial charge in [0.2, 0.25) is 0 Å². The maximum absolute atomic E-state index is 12.7. The van der Waals surface area contributed by atoms with Crippen molar-refractivity contribution in [1.82, 2.24) is 0 Å². The van der Waals surface area contributed by atoms with Gasteiger partial charge in [0.05, 0.1) is 46.6 Å². The van der Waals surface area contributed by atoms with Gasteiger partial charge in [0, 0.05) is 13.0 Å². The van der Waals surface area contributed by atoms with E-state index in [-0.39, 0.29) is 38.4 Å². The van der Waals surface area contributed by atoms with Gasteiger partial charge in [-0.1, -0.05) is 147 Å². The van der Waals surface area contributed by atoms with Crippen LogP contribution in [0.4, 0.5) is 0 Å². The van der Waals surface area contributed by atoms with Crippen LogP contribution in [-0.2, 0) is 32.6 Å². The molecule has 0 bridgehead atoms. The molecule has 55 heavy (non-hydrogen) atoms. The highest BCUT2D eigenvalue weighted by atomic mass is 31.2. The molecule has 0 aromatic carbocycles. The first-order valence-electron chi connectivity index (χ1n) is 22.0. The van der Waals surface area contributed by atoms with E-state index in [1.54, 1.807) is 6.08 Å². The molecular formula is C44H82NO9P. The highest BCUT2D eigenvalue weighted by molar-refractivity contribution is 7.45. The maximum atomic E-state index is 12.7. The number of nitrogens with zero attached hydrogens (tertiary/aromatic N) is 1. The van der Waals surface area contributed by atoms with Crippen molar-refractivity contribution in [3.63, 3.8) is 0 Å². The summed E-state index contributed by atoms with van der Waals surface area (Å²) in [5.41, 5.74) is 0. The summed E-state index contributed by atoms with van der Waals surface area (Å²) in [6.07, 6.45) is 36.4. The molecule has 5 atom stereocenters. The van der Waals surface area contributed by atoms with E-state index in [9.17, 15) is 19.4 Å². The summed E-state index contributed by atoms with van der Waals surface area (Å²) in [5.74, 6) is -0.438. The van der Waals surface area contributed by atoms with Gasteiger partial charge in [0.1, 0.15) is 25.4 Å². The molecule has 1 saturated heterocycles. The van der Waals surface area contributed by atoms with Gasteiger partial charge in [-0.3, -0.25) is 9.36 Å². The number of carbonyl (C=O) groups excluding carboxylic acids is 1. The lowest BCUT2D eigenvalue weighted by Gasteiger charge is -2.28. The Kier molecular flexibility index (Phi) is 31.6. The molecule has 1 heterocycles. The molecule has 0 amide bonds. The summed E-state index contributed by atoms with van der Waals surface area (Å²) in [6.45, 7) is 5.17. The second-order valence-corrected chi connectivity index (χ2v) is 17.7. The van der Waals surface area contributed by atoms with E-state index in [2.05, 4.69) is 26.0 Å². The molecule has 0 aliphatic carbocycles. The van der Waals surface area contributed by atoms with Crippen molar-refractivity contribution < 1.29 is 47.1 Å². The molecule has 11 heteroatoms. The lowest BCUT2D eigenvalue weighted by atomic mass is 10.0. The molecule has 0 saturated carbocycles. The number of aliphatic hydroxyl groups is 1. The molecule has 0 aromatic heterocycles. The molecule has 1 fully saturated rings. The first-order chi connectivity index (χ1) is 26.5. The van der Waals surface area contributed by atoms with Crippen LogP contribution in [0.25, 0.3) is 0 Å². The van der Waals surface area contributed by atoms with Crippen LogP contribution < -0.4 is 4.89 Å². The molecule has 0 radical (unpaired) electrons. The molecule has 1 aliphatic heterocycles. The number of allylic oxidation sites excluding steroid dienone is 2. The summed E-state index contributed by atoms with van der Waals surface area (Å²) >= 11 is 0. The molecule has 5 unspecified atom stereocenters. The number of ether oxygens (including phenoxy) is 3. The van der Waals surface area contributed by atoms with Crippen LogP contribution in [0.3, 0.4) is 0 Å². The van der Waals surface area contributed by atoms with Crippen LogP contribution in [-0.4, -0.2) is 94.1 Å². The fourth-order valence-corrected chi connectivity index (χ4v) is 6.75. The Bertz CT molecular complexity index is 1060. The van der Waals surface area contributed by atoms with E-state index in [0.29, 0.717) is 36.9 Å². The average molecular weight is 800 g/mol. The number of phosphoric acid groups is 1. The third-order valence-corrected chi connectivity index (χ3v) is 10.6. The Morgan fingerprint density at radius 3 is 1.98 bits per heavy atom. The highest BCUT2D eigenvalue weighted by Crippen LogP contribution is 2.38. The van der Waals surface area contributed by atoms with Crippen molar-refractivity contribution in [1.29, 1.82) is 0 Å². The molecule has 0 spiro atoms. The van der Waals surface area contributed by atoms with E-state index in [1.807, 2.05) is 39.4 Å². The first-order valence-corrected chi connectivity index (χ1v) is 23.4. The van der Waals surface area contributed by atoms with Gasteiger partial charge in [-0.15, -0.1) is 0 Å². The van der Waals surface area contributed by atoms with Gasteiger partial charge in [-0.2, -0.15) is 0 Å². The molecule has 1 rings (SSSR count). The van der Waals surface area contributed by atoms with Crippen LogP contribution in [0.2, 0.25) is 0 Å². The topological polar surface area (TPSA) is 127 Å². The summed E-state index contributed by atoms with van der Waals surface area (Å²) in [5, 5.41) is 10.3. The Balaban J connectivity index is 2.31. The summed E-state index contributed by atoms with van der Waals surface area (Å²) in [7, 11) is 1.26. The smallest absolute Gasteiger partial charge is 0.306 e. The van der Waals surface area contributed by atoms with E-state index in [0.717, 1.165) is 25.7 Å². The monoisotopic (exact) mass is 800 g/mol. The molecule has 10 nitrogen and oxygen atoms in total. The normalized spacial score (nSPS) is 18.4. The third kappa shape index (κ3) is 34.4. The summed E-state index contributed by atoms with van der Waals surface area (Å²) in [6, 6.07) is 0. The number of likely N-dealkylation sites (N-methyl/N-ethyl adjacent to an activating group) is 1. The average Bonchev–Trinajstić information content (AvgIpc) is 3.89. The number of esters is 1. The van der Waals surface area contributed by atoms with Crippen LogP contribution in [0.15, 0.2) is 36.5 Å². The van der Waals surface area contributed by atoms with Gasteiger partial charge in [0.25, 0.3) is 7.82 Å². The fourth-order valence-electron chi connectivity index (χ4n) is 6.02. The van der Waals surface area contributed by atoms with Crippen molar-refractivity contribution in [2.75, 3.05) is 54.1 Å². The zero-order valence-corrected chi connectivity index (χ0v) is 36.6. The Morgan fingerprint density at radius 2 is 1.35 bits per heavy atom. The van der Waals surface area contributed by atoms with Crippen LogP contribution in [0, 0.1) is 0 Å². The van der Waals surface area contributed by atoms with Gasteiger partial charge in [-0.05, 0) is 44.9 Å². The number of unbranched alkanes of at least 4 members (excludes halogenated alkanes) is 17. The second-order valence-electron chi connectivity index (χ2n) is 16.3. The Morgan fingerprint density at radius 1 is 0.764 bits per heavy atom. The van der Waals surface area contributed by atoms with Gasteiger partial charge in [-0.25, -0.2) is 0 Å². The molecule has 322 valence electrons. The summed E-state index contributed by atoms with van der Waals surface area (Å²) in [4.78, 5) is 25.1. The minimum absolute atomic E-state index is 0.00227. The predicted molar refractivity (Wildman–Crippen MR) is 223 cm³/mol. The van der Waals surface area contributed by atoms with Crippen LogP contribution >= 0.6 is 7.82 Å². The molecule has 1 N–H and O–H groups in total. The number of rotatable bonds is 39. The minimum atomic E-state index is -4.56. The van der Waals surface area contributed by atoms with Gasteiger partial charge < -0.3 is 37.7 Å². The number of epoxide rings is 1. The highest BCUT2D eigenvalue weighted by Gasteiger charge is 2.35. The van der Waals surface area contributed by atoms with E-state index >= 15 is 0 Å². The van der Waals surface area contributed by atoms with Gasteiger partial charge in [0.15, 0.2) is 0 Å². The number of hydrogen-bond donors (Lipinski definition) is 1. The zero-order valence-electron chi connectivity index (χ0n) is 35.7. The van der Waals surface area contributed by atoms with Crippen molar-refractivity contribution in [3.05, 3.63) is 36.5 Å². The quantitative estimate of drug-likeness (QED) is 0.0161. The number of aliphatic hydroxyl groups excluding tert-OH is 1. The number of quaternary nitrogens is 1. The lowest BCUT2D eigenvalue weighted by Crippen LogP contribution is -2.37. The third-order valence-electron chi connectivity index (χ3n) is 9.62. The van der Waals surface area contributed by atoms with Crippen LogP contribution in [0.5, 0.6) is 0 Å². The molecular weight excluding hydrogens is 717 g/mol. The van der Waals surface area contributed by atoms with Crippen molar-refractivity contribution in [2.45, 2.75) is 186 Å². The van der Waals surface area contributed by atoms with Crippen molar-refractivity contribution in [3.8, 4) is 0 Å². The number of phosphoric ester groups is 1. The van der Waals surface area contributed by atoms with Gasteiger partial charge >= 0.3 is 5.97 Å². The van der Waals surface area contributed by atoms with Crippen molar-refractivity contribution >= 4 is 13.8 Å². The maximum Gasteiger partial charge on any atom is 0.306 e. The second kappa shape index (κ2) is 33.6. The zero-order chi connectivity index (χ0) is 40.5. The lowest BCUT2D eigenvalue weighted by molar-refractivity contribution is -0.870.